The number of unbranched alkanes of at least 4 members (excludes halogenated alkanes) is 1. The van der Waals surface area contributed by atoms with Crippen LogP contribution in [0.1, 0.15) is 191 Å². The molecular weight excluding hydrogens is 528 g/mol. The van der Waals surface area contributed by atoms with Gasteiger partial charge in [-0.25, -0.2) is 0 Å². The van der Waals surface area contributed by atoms with Crippen LogP contribution in [-0.2, 0) is 4.79 Å². The molecule has 254 valence electrons. The average molecular weight is 605 g/mol. The number of carbonyl (C=O) groups excluding carboxylic acids is 1. The van der Waals surface area contributed by atoms with Crippen LogP contribution in [0.2, 0.25) is 0 Å². The highest BCUT2D eigenvalue weighted by Crippen LogP contribution is 2.42. The first kappa shape index (κ1) is 40.4. The number of allylic oxidation sites excluding steroid dienone is 1. The Balaban J connectivity index is 2.07. The molecule has 0 saturated carbocycles. The zero-order chi connectivity index (χ0) is 32.6. The maximum Gasteiger partial charge on any atom is 0.161 e. The lowest BCUT2D eigenvalue weighted by atomic mass is 9.68. The molecule has 0 fully saturated rings. The minimum Gasteiger partial charge on any atom is -0.392 e. The van der Waals surface area contributed by atoms with Crippen molar-refractivity contribution >= 4 is 5.78 Å². The standard InChI is InChI=1S/C40H76O3/c1-30(19-13-21-32(3)22-14-23-33(4)25-16-28-39(7,8)43)17-11-12-18-31(2)20-15-24-34(5)26-27-36-35(6)37(41)29-38(42)40(36,9)10/h30-34,38,42-43H,11-29H2,1-10H3/t30-,31+,32-,33-,34-,38+/m0/s1. The zero-order valence-corrected chi connectivity index (χ0v) is 30.7. The van der Waals surface area contributed by atoms with Crippen molar-refractivity contribution in [2.24, 2.45) is 35.0 Å². The predicted octanol–water partition coefficient (Wildman–Crippen LogP) is 11.6. The maximum absolute atomic E-state index is 12.3. The Hall–Kier alpha value is -0.670. The molecule has 0 spiro atoms. The summed E-state index contributed by atoms with van der Waals surface area (Å²) in [6, 6.07) is 0. The quantitative estimate of drug-likeness (QED) is 0.108. The number of carbonyl (C=O) groups is 1. The fourth-order valence-electron chi connectivity index (χ4n) is 7.37. The second-order valence-electron chi connectivity index (χ2n) is 16.8. The van der Waals surface area contributed by atoms with Gasteiger partial charge >= 0.3 is 0 Å². The SMILES string of the molecule is CC1=C(CC[C@@H](C)CCC[C@H](C)CCCC[C@H](C)CCC[C@H](C)CCC[C@H](C)CCCC(C)(C)O)C(C)(C)[C@H](O)CC1=O. The topological polar surface area (TPSA) is 57.5 Å². The second-order valence-corrected chi connectivity index (χ2v) is 16.8. The van der Waals surface area contributed by atoms with E-state index >= 15 is 0 Å². The molecule has 3 heteroatoms. The van der Waals surface area contributed by atoms with E-state index in [-0.39, 0.29) is 17.6 Å². The maximum atomic E-state index is 12.3. The lowest BCUT2D eigenvalue weighted by Crippen LogP contribution is -2.38. The monoisotopic (exact) mass is 605 g/mol. The largest absolute Gasteiger partial charge is 0.392 e. The molecule has 0 bridgehead atoms. The molecular formula is C40H76O3. The van der Waals surface area contributed by atoms with E-state index in [2.05, 4.69) is 48.5 Å². The Bertz CT molecular complexity index is 788. The van der Waals surface area contributed by atoms with Crippen molar-refractivity contribution in [3.8, 4) is 0 Å². The first-order valence-corrected chi connectivity index (χ1v) is 18.7. The summed E-state index contributed by atoms with van der Waals surface area (Å²) in [5.74, 6) is 4.13. The van der Waals surface area contributed by atoms with Gasteiger partial charge in [-0.15, -0.1) is 0 Å². The van der Waals surface area contributed by atoms with E-state index in [0.29, 0.717) is 5.92 Å². The number of aliphatic hydroxyl groups is 2. The Kier molecular flexibility index (Phi) is 19.2. The highest BCUT2D eigenvalue weighted by molar-refractivity contribution is 5.97. The van der Waals surface area contributed by atoms with Gasteiger partial charge in [0, 0.05) is 11.8 Å². The van der Waals surface area contributed by atoms with Gasteiger partial charge < -0.3 is 10.2 Å². The van der Waals surface area contributed by atoms with Gasteiger partial charge in [0.1, 0.15) is 0 Å². The molecule has 6 atom stereocenters. The van der Waals surface area contributed by atoms with Crippen molar-refractivity contribution in [1.29, 1.82) is 0 Å². The fourth-order valence-corrected chi connectivity index (χ4v) is 7.37. The van der Waals surface area contributed by atoms with Gasteiger partial charge in [0.15, 0.2) is 5.78 Å². The van der Waals surface area contributed by atoms with Crippen LogP contribution in [0.4, 0.5) is 0 Å². The molecule has 0 aromatic carbocycles. The van der Waals surface area contributed by atoms with Crippen molar-refractivity contribution in [2.45, 2.75) is 203 Å². The summed E-state index contributed by atoms with van der Waals surface area (Å²) in [5, 5.41) is 20.3. The lowest BCUT2D eigenvalue weighted by Gasteiger charge is -2.38. The molecule has 1 rings (SSSR count). The van der Waals surface area contributed by atoms with Crippen LogP contribution in [0.15, 0.2) is 11.1 Å². The minimum atomic E-state index is -0.543. The van der Waals surface area contributed by atoms with Gasteiger partial charge in [-0.1, -0.05) is 150 Å². The van der Waals surface area contributed by atoms with Crippen molar-refractivity contribution < 1.29 is 15.0 Å². The molecule has 3 nitrogen and oxygen atoms in total. The van der Waals surface area contributed by atoms with E-state index < -0.39 is 11.7 Å². The van der Waals surface area contributed by atoms with Gasteiger partial charge in [-0.3, -0.25) is 4.79 Å². The highest BCUT2D eigenvalue weighted by atomic mass is 16.3. The minimum absolute atomic E-state index is 0.134. The summed E-state index contributed by atoms with van der Waals surface area (Å²) in [4.78, 5) is 12.3. The number of hydrogen-bond acceptors (Lipinski definition) is 3. The smallest absolute Gasteiger partial charge is 0.161 e. The number of aliphatic hydroxyl groups excluding tert-OH is 1. The first-order valence-electron chi connectivity index (χ1n) is 18.7. The van der Waals surface area contributed by atoms with Gasteiger partial charge in [0.2, 0.25) is 0 Å². The average Bonchev–Trinajstić information content (AvgIpc) is 2.89. The van der Waals surface area contributed by atoms with Gasteiger partial charge in [-0.05, 0) is 75.2 Å². The normalized spacial score (nSPS) is 21.1. The second kappa shape index (κ2) is 20.5. The highest BCUT2D eigenvalue weighted by Gasteiger charge is 2.39. The van der Waals surface area contributed by atoms with E-state index in [1.54, 1.807) is 0 Å². The molecule has 2 N–H and O–H groups in total. The Labute approximate surface area is 269 Å². The molecule has 43 heavy (non-hydrogen) atoms. The van der Waals surface area contributed by atoms with E-state index in [4.69, 9.17) is 0 Å². The summed E-state index contributed by atoms with van der Waals surface area (Å²) in [7, 11) is 0. The van der Waals surface area contributed by atoms with E-state index in [1.165, 1.54) is 95.5 Å². The fraction of sp³-hybridized carbons (Fsp3) is 0.925. The molecule has 0 unspecified atom stereocenters. The van der Waals surface area contributed by atoms with Gasteiger partial charge in [0.25, 0.3) is 0 Å². The lowest BCUT2D eigenvalue weighted by molar-refractivity contribution is -0.120. The predicted molar refractivity (Wildman–Crippen MR) is 187 cm³/mol. The van der Waals surface area contributed by atoms with Crippen LogP contribution in [-0.4, -0.2) is 27.7 Å². The third-order valence-electron chi connectivity index (χ3n) is 11.1. The molecule has 0 aliphatic heterocycles. The van der Waals surface area contributed by atoms with Crippen LogP contribution >= 0.6 is 0 Å². The van der Waals surface area contributed by atoms with Crippen LogP contribution in [0.25, 0.3) is 0 Å². The van der Waals surface area contributed by atoms with Crippen LogP contribution in [0.5, 0.6) is 0 Å². The van der Waals surface area contributed by atoms with Crippen molar-refractivity contribution in [3.63, 3.8) is 0 Å². The third kappa shape index (κ3) is 17.6. The van der Waals surface area contributed by atoms with E-state index in [0.717, 1.165) is 54.9 Å². The summed E-state index contributed by atoms with van der Waals surface area (Å²) in [6.07, 6.45) is 22.8. The molecule has 1 aliphatic rings. The molecule has 1 aliphatic carbocycles. The third-order valence-corrected chi connectivity index (χ3v) is 11.1. The number of ketones is 1. The van der Waals surface area contributed by atoms with Crippen molar-refractivity contribution in [3.05, 3.63) is 11.1 Å². The zero-order valence-electron chi connectivity index (χ0n) is 30.7. The summed E-state index contributed by atoms with van der Waals surface area (Å²) >= 11 is 0. The van der Waals surface area contributed by atoms with Gasteiger partial charge in [0.05, 0.1) is 11.7 Å². The molecule has 0 aromatic heterocycles. The molecule has 0 radical (unpaired) electrons. The Morgan fingerprint density at radius 3 is 1.42 bits per heavy atom. The summed E-state index contributed by atoms with van der Waals surface area (Å²) in [6.45, 7) is 22.1. The van der Waals surface area contributed by atoms with Crippen LogP contribution in [0, 0.1) is 35.0 Å². The van der Waals surface area contributed by atoms with Gasteiger partial charge in [-0.2, -0.15) is 0 Å². The molecule has 0 saturated heterocycles. The Morgan fingerprint density at radius 1 is 0.674 bits per heavy atom. The summed E-state index contributed by atoms with van der Waals surface area (Å²) < 4.78 is 0. The molecule has 0 heterocycles. The number of hydrogen-bond donors (Lipinski definition) is 2. The van der Waals surface area contributed by atoms with E-state index in [9.17, 15) is 15.0 Å². The van der Waals surface area contributed by atoms with Crippen molar-refractivity contribution in [2.75, 3.05) is 0 Å². The summed E-state index contributed by atoms with van der Waals surface area (Å²) in [5.41, 5.74) is 1.32. The van der Waals surface area contributed by atoms with E-state index in [1.807, 2.05) is 20.8 Å². The number of rotatable bonds is 24. The van der Waals surface area contributed by atoms with Crippen LogP contribution in [0.3, 0.4) is 0 Å². The van der Waals surface area contributed by atoms with Crippen LogP contribution < -0.4 is 0 Å². The Morgan fingerprint density at radius 2 is 1.02 bits per heavy atom. The number of Topliss-reactive ketones (excluding diaryl/α,β-unsaturated/α-hetero) is 1. The van der Waals surface area contributed by atoms with Crippen molar-refractivity contribution in [1.82, 2.24) is 0 Å². The molecule has 0 amide bonds. The first-order chi connectivity index (χ1) is 20.0. The molecule has 0 aromatic rings.